The van der Waals surface area contributed by atoms with Crippen LogP contribution in [-0.4, -0.2) is 18.1 Å². The lowest BCUT2D eigenvalue weighted by Gasteiger charge is -1.84. The summed E-state index contributed by atoms with van der Waals surface area (Å²) in [4.78, 5) is 14.3. The van der Waals surface area contributed by atoms with E-state index >= 15 is 0 Å². The Bertz CT molecular complexity index is 255. The smallest absolute Gasteiger partial charge is 0.338 e. The van der Waals surface area contributed by atoms with E-state index in [1.807, 2.05) is 0 Å². The van der Waals surface area contributed by atoms with Gasteiger partial charge < -0.3 is 5.32 Å². The molecule has 0 aliphatic heterocycles. The zero-order valence-electron chi connectivity index (χ0n) is 5.81. The van der Waals surface area contributed by atoms with Crippen LogP contribution in [0.4, 0.5) is 9.93 Å². The van der Waals surface area contributed by atoms with E-state index in [9.17, 15) is 4.79 Å². The summed E-state index contributed by atoms with van der Waals surface area (Å²) in [6.07, 6.45) is 1.60. The quantitative estimate of drug-likeness (QED) is 0.650. The zero-order chi connectivity index (χ0) is 8.10. The average Bonchev–Trinajstić information content (AvgIpc) is 2.52. The standard InChI is InChI=1S/C5H6N4OS/c1-6-4(10)8-9-5-7-2-3-11-5/h2-3H,1H3,(H,6,10)/b9-8+. The lowest BCUT2D eigenvalue weighted by atomic mass is 11.0. The molecule has 0 saturated heterocycles. The molecule has 58 valence electrons. The van der Waals surface area contributed by atoms with Crippen molar-refractivity contribution in [3.05, 3.63) is 11.6 Å². The first-order chi connectivity index (χ1) is 5.33. The molecule has 0 unspecified atom stereocenters. The van der Waals surface area contributed by atoms with E-state index in [4.69, 9.17) is 0 Å². The fourth-order valence-corrected chi connectivity index (χ4v) is 0.857. The predicted octanol–water partition coefficient (Wildman–Crippen LogP) is 1.57. The van der Waals surface area contributed by atoms with E-state index in [1.165, 1.54) is 18.4 Å². The van der Waals surface area contributed by atoms with Gasteiger partial charge in [0.05, 0.1) is 0 Å². The van der Waals surface area contributed by atoms with Gasteiger partial charge in [-0.05, 0) is 0 Å². The van der Waals surface area contributed by atoms with Crippen LogP contribution in [0.1, 0.15) is 0 Å². The molecule has 2 amide bonds. The van der Waals surface area contributed by atoms with Crippen molar-refractivity contribution < 1.29 is 4.79 Å². The Labute approximate surface area is 67.2 Å². The first kappa shape index (κ1) is 7.80. The maximum atomic E-state index is 10.5. The fraction of sp³-hybridized carbons (Fsp3) is 0.200. The van der Waals surface area contributed by atoms with Gasteiger partial charge >= 0.3 is 6.03 Å². The number of azo groups is 1. The molecule has 0 radical (unpaired) electrons. The van der Waals surface area contributed by atoms with Gasteiger partial charge in [-0.3, -0.25) is 0 Å². The molecule has 0 aromatic carbocycles. The zero-order valence-corrected chi connectivity index (χ0v) is 6.63. The highest BCUT2D eigenvalue weighted by Crippen LogP contribution is 2.14. The molecule has 0 aliphatic rings. The highest BCUT2D eigenvalue weighted by molar-refractivity contribution is 7.13. The third kappa shape index (κ3) is 2.42. The minimum atomic E-state index is -0.472. The van der Waals surface area contributed by atoms with Gasteiger partial charge in [0.15, 0.2) is 0 Å². The van der Waals surface area contributed by atoms with Crippen molar-refractivity contribution >= 4 is 22.5 Å². The van der Waals surface area contributed by atoms with Crippen LogP contribution in [0.5, 0.6) is 0 Å². The molecular weight excluding hydrogens is 164 g/mol. The van der Waals surface area contributed by atoms with Crippen molar-refractivity contribution in [2.75, 3.05) is 7.05 Å². The number of hydrogen-bond acceptors (Lipinski definition) is 4. The maximum Gasteiger partial charge on any atom is 0.359 e. The van der Waals surface area contributed by atoms with Gasteiger partial charge in [0.25, 0.3) is 0 Å². The van der Waals surface area contributed by atoms with Gasteiger partial charge in [0.1, 0.15) is 0 Å². The lowest BCUT2D eigenvalue weighted by molar-refractivity contribution is 0.250. The van der Waals surface area contributed by atoms with Crippen molar-refractivity contribution in [2.24, 2.45) is 10.2 Å². The Hall–Kier alpha value is -1.30. The number of nitrogens with one attached hydrogen (secondary N) is 1. The molecule has 0 bridgehead atoms. The fourth-order valence-electron chi connectivity index (χ4n) is 0.403. The number of urea groups is 1. The third-order valence-electron chi connectivity index (χ3n) is 0.860. The van der Waals surface area contributed by atoms with Crippen LogP contribution >= 0.6 is 11.3 Å². The SMILES string of the molecule is CNC(=O)/N=N/c1nccs1. The highest BCUT2D eigenvalue weighted by Gasteiger charge is 1.92. The van der Waals surface area contributed by atoms with E-state index in [0.29, 0.717) is 5.13 Å². The first-order valence-corrected chi connectivity index (χ1v) is 3.74. The Morgan fingerprint density at radius 2 is 2.64 bits per heavy atom. The summed E-state index contributed by atoms with van der Waals surface area (Å²) in [6, 6.07) is -0.472. The van der Waals surface area contributed by atoms with Crippen molar-refractivity contribution in [2.45, 2.75) is 0 Å². The molecular formula is C5H6N4OS. The van der Waals surface area contributed by atoms with Crippen LogP contribution in [0.25, 0.3) is 0 Å². The second kappa shape index (κ2) is 3.77. The summed E-state index contributed by atoms with van der Waals surface area (Å²) in [7, 11) is 1.49. The normalized spacial score (nSPS) is 10.3. The molecule has 0 fully saturated rings. The minimum Gasteiger partial charge on any atom is -0.338 e. The Morgan fingerprint density at radius 3 is 3.18 bits per heavy atom. The van der Waals surface area contributed by atoms with Gasteiger partial charge in [-0.1, -0.05) is 5.11 Å². The van der Waals surface area contributed by atoms with Gasteiger partial charge in [-0.2, -0.15) is 0 Å². The summed E-state index contributed by atoms with van der Waals surface area (Å²) >= 11 is 1.32. The van der Waals surface area contributed by atoms with Crippen LogP contribution < -0.4 is 5.32 Å². The van der Waals surface area contributed by atoms with Crippen molar-refractivity contribution in [3.8, 4) is 0 Å². The monoisotopic (exact) mass is 170 g/mol. The molecule has 0 spiro atoms. The molecule has 6 heteroatoms. The van der Waals surface area contributed by atoms with Crippen molar-refractivity contribution in [1.82, 2.24) is 10.3 Å². The number of carbonyl (C=O) groups is 1. The molecule has 1 N–H and O–H groups in total. The Morgan fingerprint density at radius 1 is 1.82 bits per heavy atom. The summed E-state index contributed by atoms with van der Waals surface area (Å²) < 4.78 is 0. The molecule has 5 nitrogen and oxygen atoms in total. The van der Waals surface area contributed by atoms with Crippen molar-refractivity contribution in [3.63, 3.8) is 0 Å². The summed E-state index contributed by atoms with van der Waals surface area (Å²) in [5, 5.41) is 11.4. The molecule has 1 aromatic heterocycles. The maximum absolute atomic E-state index is 10.5. The first-order valence-electron chi connectivity index (χ1n) is 2.86. The van der Waals surface area contributed by atoms with Gasteiger partial charge in [-0.15, -0.1) is 16.5 Å². The molecule has 0 aliphatic carbocycles. The van der Waals surface area contributed by atoms with Gasteiger partial charge in [-0.25, -0.2) is 9.78 Å². The number of hydrogen-bond donors (Lipinski definition) is 1. The van der Waals surface area contributed by atoms with Crippen LogP contribution in [0, 0.1) is 0 Å². The van der Waals surface area contributed by atoms with Gasteiger partial charge in [0.2, 0.25) is 5.13 Å². The molecule has 1 aromatic rings. The van der Waals surface area contributed by atoms with E-state index in [-0.39, 0.29) is 0 Å². The minimum absolute atomic E-state index is 0.472. The molecule has 11 heavy (non-hydrogen) atoms. The van der Waals surface area contributed by atoms with E-state index in [2.05, 4.69) is 20.5 Å². The Balaban J connectivity index is 2.55. The van der Waals surface area contributed by atoms with Gasteiger partial charge in [0, 0.05) is 18.6 Å². The average molecular weight is 170 g/mol. The number of rotatable bonds is 1. The number of carbonyl (C=O) groups excluding carboxylic acids is 1. The lowest BCUT2D eigenvalue weighted by Crippen LogP contribution is -2.11. The summed E-state index contributed by atoms with van der Waals surface area (Å²) in [6.45, 7) is 0. The predicted molar refractivity (Wildman–Crippen MR) is 41.1 cm³/mol. The molecule has 0 atom stereocenters. The second-order valence-corrected chi connectivity index (χ2v) is 2.44. The summed E-state index contributed by atoms with van der Waals surface area (Å²) in [5.41, 5.74) is 0. The number of aromatic nitrogens is 1. The third-order valence-corrected chi connectivity index (χ3v) is 1.52. The van der Waals surface area contributed by atoms with Crippen LogP contribution in [-0.2, 0) is 0 Å². The van der Waals surface area contributed by atoms with E-state index < -0.39 is 6.03 Å². The number of nitrogens with zero attached hydrogens (tertiary/aromatic N) is 3. The highest BCUT2D eigenvalue weighted by atomic mass is 32.1. The van der Waals surface area contributed by atoms with Crippen molar-refractivity contribution in [1.29, 1.82) is 0 Å². The van der Waals surface area contributed by atoms with E-state index in [0.717, 1.165) is 0 Å². The Kier molecular flexibility index (Phi) is 2.67. The molecule has 1 rings (SSSR count). The van der Waals surface area contributed by atoms with Crippen LogP contribution in [0.3, 0.4) is 0 Å². The van der Waals surface area contributed by atoms with Crippen LogP contribution in [0.2, 0.25) is 0 Å². The summed E-state index contributed by atoms with van der Waals surface area (Å²) in [5.74, 6) is 0. The molecule has 1 heterocycles. The van der Waals surface area contributed by atoms with Crippen LogP contribution in [0.15, 0.2) is 21.8 Å². The number of amides is 2. The molecule has 0 saturated carbocycles. The largest absolute Gasteiger partial charge is 0.359 e. The topological polar surface area (TPSA) is 66.7 Å². The second-order valence-electron chi connectivity index (χ2n) is 1.57. The number of thiazole rings is 1. The van der Waals surface area contributed by atoms with E-state index in [1.54, 1.807) is 11.6 Å².